The fourth-order valence-electron chi connectivity index (χ4n) is 2.32. The molecule has 5 heteroatoms. The van der Waals surface area contributed by atoms with Gasteiger partial charge in [0, 0.05) is 37.1 Å². The number of thiazole rings is 1. The van der Waals surface area contributed by atoms with Gasteiger partial charge in [-0.25, -0.2) is 4.98 Å². The average Bonchev–Trinajstić information content (AvgIpc) is 2.95. The maximum absolute atomic E-state index is 5.96. The summed E-state index contributed by atoms with van der Waals surface area (Å²) in [5.74, 6) is 0.924. The molecule has 2 aromatic rings. The first-order valence-electron chi connectivity index (χ1n) is 6.57. The van der Waals surface area contributed by atoms with Crippen LogP contribution in [0.4, 0.5) is 0 Å². The summed E-state index contributed by atoms with van der Waals surface area (Å²) < 4.78 is 5.96. The van der Waals surface area contributed by atoms with E-state index < -0.39 is 0 Å². The van der Waals surface area contributed by atoms with Gasteiger partial charge in [-0.2, -0.15) is 0 Å². The lowest BCUT2D eigenvalue weighted by Crippen LogP contribution is -2.37. The minimum absolute atomic E-state index is 0.329. The highest BCUT2D eigenvalue weighted by Crippen LogP contribution is 2.19. The number of nitrogens with zero attached hydrogens (tertiary/aromatic N) is 3. The molecular formula is C14H17N3OS. The highest BCUT2D eigenvalue weighted by atomic mass is 32.1. The lowest BCUT2D eigenvalue weighted by molar-refractivity contribution is 0.0967. The fraction of sp³-hybridized carbons (Fsp3) is 0.429. The van der Waals surface area contributed by atoms with Crippen molar-refractivity contribution in [2.75, 3.05) is 13.1 Å². The first-order valence-corrected chi connectivity index (χ1v) is 7.45. The Kier molecular flexibility index (Phi) is 4.05. The van der Waals surface area contributed by atoms with E-state index in [1.807, 2.05) is 23.7 Å². The fourth-order valence-corrected chi connectivity index (χ4v) is 2.97. The smallest absolute Gasteiger partial charge is 0.122 e. The number of rotatable bonds is 4. The first-order chi connectivity index (χ1) is 9.40. The van der Waals surface area contributed by atoms with Crippen LogP contribution in [0.25, 0.3) is 0 Å². The molecule has 0 aromatic carbocycles. The predicted octanol–water partition coefficient (Wildman–Crippen LogP) is 2.58. The van der Waals surface area contributed by atoms with E-state index in [2.05, 4.69) is 14.9 Å². The van der Waals surface area contributed by atoms with E-state index in [1.165, 1.54) is 5.01 Å². The van der Waals surface area contributed by atoms with Gasteiger partial charge in [-0.3, -0.25) is 9.88 Å². The third kappa shape index (κ3) is 3.52. The molecule has 2 aromatic heterocycles. The molecular weight excluding hydrogens is 258 g/mol. The quantitative estimate of drug-likeness (QED) is 0.859. The molecule has 0 amide bonds. The molecule has 19 heavy (non-hydrogen) atoms. The molecule has 0 saturated carbocycles. The number of pyridine rings is 1. The Morgan fingerprint density at radius 3 is 2.68 bits per heavy atom. The summed E-state index contributed by atoms with van der Waals surface area (Å²) in [6, 6.07) is 3.84. The Labute approximate surface area is 117 Å². The highest BCUT2D eigenvalue weighted by Gasteiger charge is 2.20. The van der Waals surface area contributed by atoms with Crippen LogP contribution in [0.2, 0.25) is 0 Å². The van der Waals surface area contributed by atoms with Crippen molar-refractivity contribution in [2.24, 2.45) is 0 Å². The topological polar surface area (TPSA) is 38.2 Å². The van der Waals surface area contributed by atoms with Gasteiger partial charge < -0.3 is 4.74 Å². The van der Waals surface area contributed by atoms with E-state index in [0.29, 0.717) is 6.10 Å². The zero-order chi connectivity index (χ0) is 12.9. The van der Waals surface area contributed by atoms with E-state index in [4.69, 9.17) is 4.74 Å². The van der Waals surface area contributed by atoms with Gasteiger partial charge in [0.2, 0.25) is 0 Å². The highest BCUT2D eigenvalue weighted by molar-refractivity contribution is 7.09. The number of hydrogen-bond acceptors (Lipinski definition) is 5. The molecule has 100 valence electrons. The predicted molar refractivity (Wildman–Crippen MR) is 75.3 cm³/mol. The van der Waals surface area contributed by atoms with Gasteiger partial charge in [0.15, 0.2) is 0 Å². The second-order valence-corrected chi connectivity index (χ2v) is 5.68. The average molecular weight is 275 g/mol. The van der Waals surface area contributed by atoms with Crippen molar-refractivity contribution in [1.82, 2.24) is 14.9 Å². The van der Waals surface area contributed by atoms with E-state index in [9.17, 15) is 0 Å². The van der Waals surface area contributed by atoms with Gasteiger partial charge in [0.1, 0.15) is 16.9 Å². The largest absolute Gasteiger partial charge is 0.490 e. The summed E-state index contributed by atoms with van der Waals surface area (Å²) in [7, 11) is 0. The van der Waals surface area contributed by atoms with Crippen molar-refractivity contribution in [3.05, 3.63) is 41.1 Å². The summed E-state index contributed by atoms with van der Waals surface area (Å²) in [6.45, 7) is 3.13. The molecule has 4 nitrogen and oxygen atoms in total. The minimum atomic E-state index is 0.329. The molecule has 0 bridgehead atoms. The Balaban J connectivity index is 1.47. The molecule has 1 fully saturated rings. The zero-order valence-electron chi connectivity index (χ0n) is 10.7. The molecule has 3 heterocycles. The van der Waals surface area contributed by atoms with Crippen LogP contribution in [0.15, 0.2) is 36.1 Å². The summed E-state index contributed by atoms with van der Waals surface area (Å²) in [5.41, 5.74) is 0. The number of likely N-dealkylation sites (tertiary alicyclic amines) is 1. The van der Waals surface area contributed by atoms with E-state index in [0.717, 1.165) is 38.2 Å². The van der Waals surface area contributed by atoms with Gasteiger partial charge in [-0.05, 0) is 25.0 Å². The van der Waals surface area contributed by atoms with Gasteiger partial charge >= 0.3 is 0 Å². The molecule has 0 atom stereocenters. The number of piperidine rings is 1. The van der Waals surface area contributed by atoms with Crippen molar-refractivity contribution in [2.45, 2.75) is 25.5 Å². The van der Waals surface area contributed by atoms with Crippen LogP contribution < -0.4 is 4.74 Å². The minimum Gasteiger partial charge on any atom is -0.490 e. The van der Waals surface area contributed by atoms with Crippen molar-refractivity contribution in [3.63, 3.8) is 0 Å². The molecule has 1 aliphatic rings. The molecule has 0 aliphatic carbocycles. The summed E-state index contributed by atoms with van der Waals surface area (Å²) in [5, 5.41) is 3.24. The lowest BCUT2D eigenvalue weighted by Gasteiger charge is -2.31. The van der Waals surface area contributed by atoms with Crippen molar-refractivity contribution >= 4 is 11.3 Å². The summed E-state index contributed by atoms with van der Waals surface area (Å²) >= 11 is 1.73. The molecule has 0 spiro atoms. The first kappa shape index (κ1) is 12.6. The standard InChI is InChI=1S/C14H17N3OS/c1-5-15-6-2-12(1)18-13-3-8-17(9-4-13)11-14-16-7-10-19-14/h1-2,5-7,10,13H,3-4,8-9,11H2. The van der Waals surface area contributed by atoms with Crippen molar-refractivity contribution < 1.29 is 4.74 Å². The molecule has 1 aliphatic heterocycles. The Hall–Kier alpha value is -1.46. The van der Waals surface area contributed by atoms with Crippen LogP contribution in [0.5, 0.6) is 5.75 Å². The molecule has 0 radical (unpaired) electrons. The maximum atomic E-state index is 5.96. The number of hydrogen-bond donors (Lipinski definition) is 0. The molecule has 0 N–H and O–H groups in total. The molecule has 1 saturated heterocycles. The van der Waals surface area contributed by atoms with Crippen LogP contribution in [0, 0.1) is 0 Å². The molecule has 3 rings (SSSR count). The second-order valence-electron chi connectivity index (χ2n) is 4.70. The Bertz CT molecular complexity index is 481. The van der Waals surface area contributed by atoms with Crippen molar-refractivity contribution in [3.8, 4) is 5.75 Å². The Morgan fingerprint density at radius 1 is 1.21 bits per heavy atom. The Morgan fingerprint density at radius 2 is 2.00 bits per heavy atom. The normalized spacial score (nSPS) is 17.5. The van der Waals surface area contributed by atoms with Gasteiger partial charge in [-0.1, -0.05) is 0 Å². The van der Waals surface area contributed by atoms with Crippen LogP contribution in [-0.2, 0) is 6.54 Å². The van der Waals surface area contributed by atoms with E-state index in [-0.39, 0.29) is 0 Å². The molecule has 0 unspecified atom stereocenters. The lowest BCUT2D eigenvalue weighted by atomic mass is 10.1. The van der Waals surface area contributed by atoms with Crippen molar-refractivity contribution in [1.29, 1.82) is 0 Å². The maximum Gasteiger partial charge on any atom is 0.122 e. The van der Waals surface area contributed by atoms with Gasteiger partial charge in [0.05, 0.1) is 6.54 Å². The zero-order valence-corrected chi connectivity index (χ0v) is 11.6. The number of aromatic nitrogens is 2. The van der Waals surface area contributed by atoms with Crippen LogP contribution in [-0.4, -0.2) is 34.1 Å². The van der Waals surface area contributed by atoms with E-state index in [1.54, 1.807) is 23.7 Å². The van der Waals surface area contributed by atoms with E-state index >= 15 is 0 Å². The SMILES string of the molecule is c1cc(OC2CCN(Cc3nccs3)CC2)ccn1. The summed E-state index contributed by atoms with van der Waals surface area (Å²) in [6.07, 6.45) is 7.90. The third-order valence-corrected chi connectivity index (χ3v) is 4.09. The van der Waals surface area contributed by atoms with Crippen LogP contribution in [0.3, 0.4) is 0 Å². The van der Waals surface area contributed by atoms with Gasteiger partial charge in [-0.15, -0.1) is 11.3 Å². The monoisotopic (exact) mass is 275 g/mol. The number of ether oxygens (including phenoxy) is 1. The van der Waals surface area contributed by atoms with Crippen LogP contribution >= 0.6 is 11.3 Å². The third-order valence-electron chi connectivity index (χ3n) is 3.33. The second kappa shape index (κ2) is 6.12. The summed E-state index contributed by atoms with van der Waals surface area (Å²) in [4.78, 5) is 10.8. The van der Waals surface area contributed by atoms with Gasteiger partial charge in [0.25, 0.3) is 0 Å². The van der Waals surface area contributed by atoms with Crippen LogP contribution in [0.1, 0.15) is 17.8 Å².